The van der Waals surface area contributed by atoms with E-state index in [0.717, 1.165) is 55.0 Å². The highest BCUT2D eigenvalue weighted by Gasteiger charge is 2.26. The lowest BCUT2D eigenvalue weighted by Gasteiger charge is -2.27. The molecule has 0 saturated carbocycles. The SMILES string of the molecule is Cc1ccc(Cl)c2sc(N(CCCN3CCOCC3)C(=O)c3cc4ccccc4oc3=O)nc12. The van der Waals surface area contributed by atoms with Crippen molar-refractivity contribution in [3.8, 4) is 0 Å². The van der Waals surface area contributed by atoms with Crippen LogP contribution in [0.1, 0.15) is 22.3 Å². The standard InChI is InChI=1S/C25H24ClN3O4S/c1-16-7-8-19(26)22-21(16)27-25(34-22)29(10-4-9-28-11-13-32-14-12-28)23(30)18-15-17-5-2-3-6-20(17)33-24(18)31/h2-3,5-8,15H,4,9-14H2,1H3. The van der Waals surface area contributed by atoms with Gasteiger partial charge in [0, 0.05) is 31.6 Å². The number of benzene rings is 2. The Hall–Kier alpha value is -2.78. The van der Waals surface area contributed by atoms with Crippen molar-refractivity contribution in [3.63, 3.8) is 0 Å². The Morgan fingerprint density at radius 2 is 2.00 bits per heavy atom. The van der Waals surface area contributed by atoms with Gasteiger partial charge in [-0.25, -0.2) is 9.78 Å². The van der Waals surface area contributed by atoms with Gasteiger partial charge >= 0.3 is 5.63 Å². The number of aromatic nitrogens is 1. The molecule has 3 heterocycles. The molecule has 9 heteroatoms. The van der Waals surface area contributed by atoms with Crippen LogP contribution >= 0.6 is 22.9 Å². The van der Waals surface area contributed by atoms with Gasteiger partial charge in [0.15, 0.2) is 5.13 Å². The summed E-state index contributed by atoms with van der Waals surface area (Å²) in [6, 6.07) is 12.5. The molecule has 1 saturated heterocycles. The van der Waals surface area contributed by atoms with Crippen LogP contribution in [0.15, 0.2) is 51.7 Å². The van der Waals surface area contributed by atoms with Crippen LogP contribution in [-0.4, -0.2) is 55.2 Å². The molecular formula is C25H24ClN3O4S. The van der Waals surface area contributed by atoms with Crippen LogP contribution in [0.4, 0.5) is 5.13 Å². The third kappa shape index (κ3) is 4.59. The highest BCUT2D eigenvalue weighted by molar-refractivity contribution is 7.23. The summed E-state index contributed by atoms with van der Waals surface area (Å²) in [7, 11) is 0. The number of rotatable bonds is 6. The fraction of sp³-hybridized carbons (Fsp3) is 0.320. The summed E-state index contributed by atoms with van der Waals surface area (Å²) < 4.78 is 11.7. The van der Waals surface area contributed by atoms with E-state index >= 15 is 0 Å². The number of carbonyl (C=O) groups is 1. The molecule has 0 N–H and O–H groups in total. The second-order valence-electron chi connectivity index (χ2n) is 8.29. The first kappa shape index (κ1) is 23.0. The van der Waals surface area contributed by atoms with Crippen molar-refractivity contribution in [2.75, 3.05) is 44.3 Å². The van der Waals surface area contributed by atoms with Gasteiger partial charge in [-0.1, -0.05) is 47.2 Å². The van der Waals surface area contributed by atoms with Crippen LogP contribution in [0.5, 0.6) is 0 Å². The summed E-state index contributed by atoms with van der Waals surface area (Å²) in [5.41, 5.74) is 1.53. The summed E-state index contributed by atoms with van der Waals surface area (Å²) in [4.78, 5) is 35.1. The highest BCUT2D eigenvalue weighted by atomic mass is 35.5. The van der Waals surface area contributed by atoms with E-state index in [9.17, 15) is 9.59 Å². The molecule has 0 atom stereocenters. The molecule has 1 aliphatic rings. The maximum absolute atomic E-state index is 13.7. The molecule has 1 fully saturated rings. The number of fused-ring (bicyclic) bond motifs is 2. The fourth-order valence-corrected chi connectivity index (χ4v) is 5.46. The first-order chi connectivity index (χ1) is 16.5. The molecule has 5 rings (SSSR count). The molecule has 7 nitrogen and oxygen atoms in total. The van der Waals surface area contributed by atoms with E-state index in [1.807, 2.05) is 31.2 Å². The minimum atomic E-state index is -0.655. The van der Waals surface area contributed by atoms with Crippen molar-refractivity contribution in [3.05, 3.63) is 69.0 Å². The van der Waals surface area contributed by atoms with Gasteiger partial charge < -0.3 is 9.15 Å². The van der Waals surface area contributed by atoms with Gasteiger partial charge in [-0.2, -0.15) is 0 Å². The summed E-state index contributed by atoms with van der Waals surface area (Å²) in [5.74, 6) is -0.422. The Kier molecular flexibility index (Phi) is 6.65. The summed E-state index contributed by atoms with van der Waals surface area (Å²) >= 11 is 7.78. The number of anilines is 1. The molecule has 2 aromatic heterocycles. The Labute approximate surface area is 205 Å². The third-order valence-corrected chi connectivity index (χ3v) is 7.53. The Morgan fingerprint density at radius 1 is 1.21 bits per heavy atom. The molecule has 1 amide bonds. The molecule has 0 aliphatic carbocycles. The van der Waals surface area contributed by atoms with Crippen LogP contribution in [0.25, 0.3) is 21.2 Å². The maximum atomic E-state index is 13.7. The van der Waals surface area contributed by atoms with Crippen LogP contribution in [0, 0.1) is 6.92 Å². The van der Waals surface area contributed by atoms with Gasteiger partial charge in [-0.05, 0) is 37.1 Å². The Morgan fingerprint density at radius 3 is 2.79 bits per heavy atom. The van der Waals surface area contributed by atoms with E-state index < -0.39 is 11.5 Å². The number of morpholine rings is 1. The first-order valence-electron chi connectivity index (χ1n) is 11.2. The van der Waals surface area contributed by atoms with E-state index in [1.165, 1.54) is 11.3 Å². The molecule has 2 aromatic carbocycles. The number of carbonyl (C=O) groups excluding carboxylic acids is 1. The lowest BCUT2D eigenvalue weighted by atomic mass is 10.1. The Balaban J connectivity index is 1.50. The molecule has 176 valence electrons. The Bertz CT molecular complexity index is 1370. The maximum Gasteiger partial charge on any atom is 0.349 e. The predicted octanol–water partition coefficient (Wildman–Crippen LogP) is 4.73. The number of hydrogen-bond acceptors (Lipinski definition) is 7. The molecule has 1 aliphatic heterocycles. The lowest BCUT2D eigenvalue weighted by Crippen LogP contribution is -2.40. The molecule has 34 heavy (non-hydrogen) atoms. The smallest absolute Gasteiger partial charge is 0.349 e. The van der Waals surface area contributed by atoms with Crippen molar-refractivity contribution < 1.29 is 13.9 Å². The second-order valence-corrected chi connectivity index (χ2v) is 9.67. The van der Waals surface area contributed by atoms with Gasteiger partial charge in [0.25, 0.3) is 5.91 Å². The van der Waals surface area contributed by atoms with Crippen LogP contribution in [-0.2, 0) is 4.74 Å². The molecule has 0 radical (unpaired) electrons. The van der Waals surface area contributed by atoms with Gasteiger partial charge in [0.1, 0.15) is 11.1 Å². The number of halogens is 1. The van der Waals surface area contributed by atoms with Crippen LogP contribution < -0.4 is 10.5 Å². The normalized spacial score (nSPS) is 14.6. The number of ether oxygens (including phenoxy) is 1. The summed E-state index contributed by atoms with van der Waals surface area (Å²) in [5, 5.41) is 1.81. The third-order valence-electron chi connectivity index (χ3n) is 5.99. The highest BCUT2D eigenvalue weighted by Crippen LogP contribution is 2.36. The van der Waals surface area contributed by atoms with Crippen LogP contribution in [0.2, 0.25) is 5.02 Å². The van der Waals surface area contributed by atoms with Crippen molar-refractivity contribution in [1.29, 1.82) is 0 Å². The summed E-state index contributed by atoms with van der Waals surface area (Å²) in [6.07, 6.45) is 0.729. The average Bonchev–Trinajstić information content (AvgIpc) is 3.30. The molecule has 0 bridgehead atoms. The molecular weight excluding hydrogens is 474 g/mol. The van der Waals surface area contributed by atoms with Gasteiger partial charge in [-0.3, -0.25) is 14.6 Å². The van der Waals surface area contributed by atoms with E-state index in [0.29, 0.717) is 27.7 Å². The molecule has 4 aromatic rings. The van der Waals surface area contributed by atoms with E-state index in [2.05, 4.69) is 4.90 Å². The van der Waals surface area contributed by atoms with Crippen molar-refractivity contribution in [1.82, 2.24) is 9.88 Å². The van der Waals surface area contributed by atoms with E-state index in [-0.39, 0.29) is 5.56 Å². The zero-order valence-corrected chi connectivity index (χ0v) is 20.3. The second kappa shape index (κ2) is 9.84. The monoisotopic (exact) mass is 497 g/mol. The lowest BCUT2D eigenvalue weighted by molar-refractivity contribution is 0.0376. The van der Waals surface area contributed by atoms with E-state index in [1.54, 1.807) is 23.1 Å². The number of thiazole rings is 1. The topological polar surface area (TPSA) is 75.9 Å². The van der Waals surface area contributed by atoms with Gasteiger partial charge in [0.05, 0.1) is 28.5 Å². The van der Waals surface area contributed by atoms with E-state index in [4.69, 9.17) is 25.7 Å². The molecule has 0 unspecified atom stereocenters. The predicted molar refractivity (Wildman–Crippen MR) is 135 cm³/mol. The average molecular weight is 498 g/mol. The first-order valence-corrected chi connectivity index (χ1v) is 12.4. The fourth-order valence-electron chi connectivity index (χ4n) is 4.12. The van der Waals surface area contributed by atoms with Gasteiger partial charge in [0.2, 0.25) is 0 Å². The van der Waals surface area contributed by atoms with Crippen molar-refractivity contribution >= 4 is 55.2 Å². The number of amides is 1. The molecule has 0 spiro atoms. The van der Waals surface area contributed by atoms with Crippen molar-refractivity contribution in [2.24, 2.45) is 0 Å². The number of nitrogens with zero attached hydrogens (tertiary/aromatic N) is 3. The van der Waals surface area contributed by atoms with Crippen LogP contribution in [0.3, 0.4) is 0 Å². The minimum Gasteiger partial charge on any atom is -0.422 e. The van der Waals surface area contributed by atoms with Crippen molar-refractivity contribution in [2.45, 2.75) is 13.3 Å². The number of para-hydroxylation sites is 1. The zero-order valence-electron chi connectivity index (χ0n) is 18.8. The minimum absolute atomic E-state index is 0.00727. The zero-order chi connectivity index (χ0) is 23.7. The quantitative estimate of drug-likeness (QED) is 0.358. The summed E-state index contributed by atoms with van der Waals surface area (Å²) in [6.45, 7) is 6.39. The largest absolute Gasteiger partial charge is 0.422 e. The van der Waals surface area contributed by atoms with Gasteiger partial charge in [-0.15, -0.1) is 0 Å². The number of aryl methyl sites for hydroxylation is 1. The number of hydrogen-bond donors (Lipinski definition) is 0.